The molecule has 2 aliphatic rings. The van der Waals surface area contributed by atoms with Gasteiger partial charge in [-0.15, -0.1) is 0 Å². The summed E-state index contributed by atoms with van der Waals surface area (Å²) in [6.45, 7) is 0.764. The van der Waals surface area contributed by atoms with Crippen LogP contribution in [0, 0.1) is 0 Å². The van der Waals surface area contributed by atoms with Crippen molar-refractivity contribution in [3.63, 3.8) is 0 Å². The molecule has 3 aromatic rings. The number of hydrogen-bond acceptors (Lipinski definition) is 6. The molecule has 5 heterocycles. The normalized spacial score (nSPS) is 17.6. The van der Waals surface area contributed by atoms with Crippen molar-refractivity contribution < 1.29 is 37.0 Å². The number of aliphatic hydroxyl groups is 1. The summed E-state index contributed by atoms with van der Waals surface area (Å²) in [7, 11) is 0. The summed E-state index contributed by atoms with van der Waals surface area (Å²) in [6, 6.07) is 2.40. The van der Waals surface area contributed by atoms with Gasteiger partial charge in [0.15, 0.2) is 5.69 Å². The molecule has 0 saturated carbocycles. The molecule has 34 heavy (non-hydrogen) atoms. The smallest absolute Gasteiger partial charge is 0.420 e. The predicted octanol–water partition coefficient (Wildman–Crippen LogP) is 3.16. The number of piperidine rings is 1. The van der Waals surface area contributed by atoms with Gasteiger partial charge in [-0.1, -0.05) is 0 Å². The number of nitrogens with zero attached hydrogens (tertiary/aromatic N) is 4. The number of carbonyl (C=O) groups excluding carboxylic acids is 2. The number of pyridine rings is 1. The van der Waals surface area contributed by atoms with Crippen LogP contribution in [0.2, 0.25) is 0 Å². The molecule has 2 saturated heterocycles. The van der Waals surface area contributed by atoms with Gasteiger partial charge in [0.1, 0.15) is 12.3 Å². The van der Waals surface area contributed by atoms with Crippen LogP contribution in [0.5, 0.6) is 0 Å². The zero-order valence-corrected chi connectivity index (χ0v) is 17.9. The number of carbonyl (C=O) groups is 2. The lowest BCUT2D eigenvalue weighted by molar-refractivity contribution is -0.136. The maximum absolute atomic E-state index is 13.9. The van der Waals surface area contributed by atoms with Crippen LogP contribution in [-0.4, -0.2) is 68.6 Å². The van der Waals surface area contributed by atoms with Crippen LogP contribution in [0.1, 0.15) is 34.6 Å². The molecule has 0 spiro atoms. The van der Waals surface area contributed by atoms with E-state index in [0.29, 0.717) is 44.6 Å². The number of imidazole rings is 1. The van der Waals surface area contributed by atoms with Crippen molar-refractivity contribution in [2.45, 2.75) is 31.7 Å². The van der Waals surface area contributed by atoms with Gasteiger partial charge in [0.25, 0.3) is 5.91 Å². The Morgan fingerprint density at radius 1 is 1.21 bits per heavy atom. The van der Waals surface area contributed by atoms with E-state index in [1.54, 1.807) is 4.90 Å². The minimum atomic E-state index is -4.73. The van der Waals surface area contributed by atoms with Gasteiger partial charge in [0.2, 0.25) is 0 Å². The Bertz CT molecular complexity index is 1230. The van der Waals surface area contributed by atoms with E-state index in [-0.39, 0.29) is 29.1 Å². The topological polar surface area (TPSA) is 101 Å². The third-order valence-electron chi connectivity index (χ3n) is 6.32. The highest BCUT2D eigenvalue weighted by molar-refractivity contribution is 5.94. The zero-order valence-electron chi connectivity index (χ0n) is 17.9. The van der Waals surface area contributed by atoms with Gasteiger partial charge in [-0.3, -0.25) is 9.20 Å². The van der Waals surface area contributed by atoms with Crippen molar-refractivity contribution in [3.05, 3.63) is 47.8 Å². The number of furan rings is 1. The summed E-state index contributed by atoms with van der Waals surface area (Å²) in [6.07, 6.45) is -0.0294. The number of rotatable bonds is 4. The van der Waals surface area contributed by atoms with Crippen LogP contribution in [0.25, 0.3) is 16.8 Å². The number of aromatic nitrogens is 2. The Morgan fingerprint density at radius 3 is 2.56 bits per heavy atom. The van der Waals surface area contributed by atoms with Crippen molar-refractivity contribution in [3.8, 4) is 11.1 Å². The molecule has 2 fully saturated rings. The molecule has 0 aliphatic carbocycles. The minimum Gasteiger partial charge on any atom is -0.472 e. The van der Waals surface area contributed by atoms with Crippen molar-refractivity contribution in [2.75, 3.05) is 26.2 Å². The second-order valence-corrected chi connectivity index (χ2v) is 8.24. The van der Waals surface area contributed by atoms with Gasteiger partial charge in [0, 0.05) is 36.5 Å². The fourth-order valence-corrected chi connectivity index (χ4v) is 4.58. The SMILES string of the molecule is O=C(c1nc2c(C(F)(F)F)cc(-c3ccoc3)cn2c1CO)N1CCC(N2CCOC2=O)CC1. The lowest BCUT2D eigenvalue weighted by Crippen LogP contribution is -2.47. The average molecular weight is 478 g/mol. The highest BCUT2D eigenvalue weighted by Crippen LogP contribution is 2.36. The second kappa shape index (κ2) is 8.35. The number of hydrogen-bond donors (Lipinski definition) is 1. The highest BCUT2D eigenvalue weighted by Gasteiger charge is 2.38. The van der Waals surface area contributed by atoms with Gasteiger partial charge in [-0.2, -0.15) is 13.2 Å². The summed E-state index contributed by atoms with van der Waals surface area (Å²) in [5, 5.41) is 9.99. The standard InChI is InChI=1S/C22H21F3N4O5/c23-22(24,25)16-9-14(13-3-7-33-12-13)10-29-17(11-30)18(26-19(16)29)20(31)27-4-1-15(2-5-27)28-6-8-34-21(28)32/h3,7,9-10,12,15,30H,1-2,4-6,8,11H2. The first-order valence-electron chi connectivity index (χ1n) is 10.8. The molecule has 0 atom stereocenters. The van der Waals surface area contributed by atoms with E-state index in [1.165, 1.54) is 29.7 Å². The predicted molar refractivity (Wildman–Crippen MR) is 111 cm³/mol. The Balaban J connectivity index is 1.49. The number of ether oxygens (including phenoxy) is 1. The number of amides is 2. The first-order valence-corrected chi connectivity index (χ1v) is 10.8. The first-order chi connectivity index (χ1) is 16.3. The highest BCUT2D eigenvalue weighted by atomic mass is 19.4. The lowest BCUT2D eigenvalue weighted by Gasteiger charge is -2.35. The summed E-state index contributed by atoms with van der Waals surface area (Å²) in [5.74, 6) is -0.562. The fraction of sp³-hybridized carbons (Fsp3) is 0.409. The minimum absolute atomic E-state index is 0.0268. The first kappa shape index (κ1) is 22.3. The number of aliphatic hydroxyl groups excluding tert-OH is 1. The summed E-state index contributed by atoms with van der Waals surface area (Å²) < 4.78 is 52.7. The van der Waals surface area contributed by atoms with E-state index in [4.69, 9.17) is 9.15 Å². The van der Waals surface area contributed by atoms with E-state index >= 15 is 0 Å². The number of halogens is 3. The molecule has 9 nitrogen and oxygen atoms in total. The van der Waals surface area contributed by atoms with Crippen molar-refractivity contribution in [2.24, 2.45) is 0 Å². The van der Waals surface area contributed by atoms with E-state index in [1.807, 2.05) is 0 Å². The molecule has 3 aromatic heterocycles. The van der Waals surface area contributed by atoms with Crippen LogP contribution in [0.4, 0.5) is 18.0 Å². The number of likely N-dealkylation sites (tertiary alicyclic amines) is 1. The van der Waals surface area contributed by atoms with E-state index in [9.17, 15) is 27.9 Å². The largest absolute Gasteiger partial charge is 0.472 e. The van der Waals surface area contributed by atoms with Crippen LogP contribution < -0.4 is 0 Å². The number of alkyl halides is 3. The van der Waals surface area contributed by atoms with E-state index in [0.717, 1.165) is 10.5 Å². The van der Waals surface area contributed by atoms with Crippen molar-refractivity contribution >= 4 is 17.6 Å². The summed E-state index contributed by atoms with van der Waals surface area (Å²) in [5.41, 5.74) is -1.11. The summed E-state index contributed by atoms with van der Waals surface area (Å²) >= 11 is 0. The second-order valence-electron chi connectivity index (χ2n) is 8.24. The molecule has 0 radical (unpaired) electrons. The molecule has 2 amide bonds. The average Bonchev–Trinajstić information content (AvgIpc) is 3.56. The third-order valence-corrected chi connectivity index (χ3v) is 6.32. The molecule has 180 valence electrons. The molecular formula is C22H21F3N4O5. The molecule has 5 rings (SSSR count). The Kier molecular flexibility index (Phi) is 5.47. The molecule has 0 unspecified atom stereocenters. The van der Waals surface area contributed by atoms with Gasteiger partial charge < -0.3 is 24.1 Å². The van der Waals surface area contributed by atoms with Gasteiger partial charge >= 0.3 is 12.3 Å². The Labute approximate surface area is 191 Å². The third kappa shape index (κ3) is 3.77. The van der Waals surface area contributed by atoms with Crippen molar-refractivity contribution in [1.82, 2.24) is 19.2 Å². The number of fused-ring (bicyclic) bond motifs is 1. The molecule has 1 N–H and O–H groups in total. The monoisotopic (exact) mass is 478 g/mol. The van der Waals surface area contributed by atoms with Crippen LogP contribution in [0.3, 0.4) is 0 Å². The van der Waals surface area contributed by atoms with Gasteiger partial charge in [-0.05, 0) is 25.0 Å². The van der Waals surface area contributed by atoms with Crippen molar-refractivity contribution in [1.29, 1.82) is 0 Å². The fourth-order valence-electron chi connectivity index (χ4n) is 4.58. The van der Waals surface area contributed by atoms with Gasteiger partial charge in [-0.25, -0.2) is 9.78 Å². The van der Waals surface area contributed by atoms with E-state index < -0.39 is 29.9 Å². The quantitative estimate of drug-likeness (QED) is 0.619. The summed E-state index contributed by atoms with van der Waals surface area (Å²) in [4.78, 5) is 32.2. The van der Waals surface area contributed by atoms with Gasteiger partial charge in [0.05, 0.1) is 36.9 Å². The maximum atomic E-state index is 13.9. The zero-order chi connectivity index (χ0) is 24.0. The van der Waals surface area contributed by atoms with Crippen LogP contribution in [0.15, 0.2) is 35.3 Å². The Hall–Kier alpha value is -3.54. The molecule has 12 heteroatoms. The number of cyclic esters (lactones) is 1. The van der Waals surface area contributed by atoms with Crippen LogP contribution in [-0.2, 0) is 17.5 Å². The van der Waals surface area contributed by atoms with Crippen LogP contribution >= 0.6 is 0 Å². The van der Waals surface area contributed by atoms with E-state index in [2.05, 4.69) is 4.98 Å². The molecule has 0 aromatic carbocycles. The molecule has 0 bridgehead atoms. The molecular weight excluding hydrogens is 457 g/mol. The Morgan fingerprint density at radius 2 is 1.97 bits per heavy atom. The lowest BCUT2D eigenvalue weighted by atomic mass is 10.0. The maximum Gasteiger partial charge on any atom is 0.420 e. The molecule has 2 aliphatic heterocycles.